The Hall–Kier alpha value is -0.850. The molecule has 1 radical (unpaired) electrons. The Bertz CT molecular complexity index is 355. The van der Waals surface area contributed by atoms with E-state index in [1.807, 2.05) is 0 Å². The Morgan fingerprint density at radius 1 is 0.536 bits per heavy atom. The van der Waals surface area contributed by atoms with Gasteiger partial charge in [0, 0.05) is 5.92 Å². The van der Waals surface area contributed by atoms with Crippen molar-refractivity contribution in [2.75, 3.05) is 0 Å². The summed E-state index contributed by atoms with van der Waals surface area (Å²) < 4.78 is 0. The molecule has 0 aliphatic rings. The molecule has 0 saturated carbocycles. The van der Waals surface area contributed by atoms with Gasteiger partial charge in [0.2, 0.25) is 6.29 Å². The summed E-state index contributed by atoms with van der Waals surface area (Å²) in [4.78, 5) is 11.1. The Balaban J connectivity index is 3.47. The highest BCUT2D eigenvalue weighted by Crippen LogP contribution is 2.14. The minimum atomic E-state index is 0.130. The van der Waals surface area contributed by atoms with Crippen molar-refractivity contribution in [3.05, 3.63) is 24.3 Å². The van der Waals surface area contributed by atoms with E-state index in [0.29, 0.717) is 0 Å². The van der Waals surface area contributed by atoms with E-state index in [4.69, 9.17) is 0 Å². The Morgan fingerprint density at radius 2 is 0.964 bits per heavy atom. The molecule has 28 heavy (non-hydrogen) atoms. The average Bonchev–Trinajstić information content (AvgIpc) is 2.71. The van der Waals surface area contributed by atoms with Crippen LogP contribution in [0.1, 0.15) is 136 Å². The Morgan fingerprint density at radius 3 is 1.46 bits per heavy atom. The van der Waals surface area contributed by atoms with Crippen LogP contribution in [0.4, 0.5) is 0 Å². The van der Waals surface area contributed by atoms with Crippen molar-refractivity contribution in [3.8, 4) is 0 Å². The van der Waals surface area contributed by atoms with Gasteiger partial charge < -0.3 is 0 Å². The van der Waals surface area contributed by atoms with E-state index in [-0.39, 0.29) is 5.92 Å². The standard InChI is InChI=1S/C27H49O/c1-3-5-7-9-11-13-15-17-19-21-23-25-27(26-28)24-22-20-18-16-14-12-10-8-6-4-2/h17-20,27H,3-16,21-25H2,1-2H3. The van der Waals surface area contributed by atoms with Crippen molar-refractivity contribution in [2.24, 2.45) is 5.92 Å². The third-order valence-electron chi connectivity index (χ3n) is 5.55. The summed E-state index contributed by atoms with van der Waals surface area (Å²) in [5, 5.41) is 0. The van der Waals surface area contributed by atoms with Crippen LogP contribution in [0.15, 0.2) is 24.3 Å². The molecule has 0 spiro atoms. The minimum absolute atomic E-state index is 0.130. The van der Waals surface area contributed by atoms with Crippen molar-refractivity contribution in [1.29, 1.82) is 0 Å². The van der Waals surface area contributed by atoms with Gasteiger partial charge in [0.25, 0.3) is 0 Å². The van der Waals surface area contributed by atoms with Crippen LogP contribution in [0.5, 0.6) is 0 Å². The molecule has 0 fully saturated rings. The van der Waals surface area contributed by atoms with Gasteiger partial charge in [-0.05, 0) is 57.8 Å². The topological polar surface area (TPSA) is 17.1 Å². The lowest BCUT2D eigenvalue weighted by atomic mass is 9.97. The molecule has 0 rings (SSSR count). The lowest BCUT2D eigenvalue weighted by Gasteiger charge is -2.06. The van der Waals surface area contributed by atoms with Crippen LogP contribution in [-0.4, -0.2) is 6.29 Å². The van der Waals surface area contributed by atoms with Gasteiger partial charge in [0.15, 0.2) is 0 Å². The molecule has 1 heteroatoms. The fourth-order valence-electron chi connectivity index (χ4n) is 3.60. The summed E-state index contributed by atoms with van der Waals surface area (Å²) in [6, 6.07) is 0. The highest BCUT2D eigenvalue weighted by Gasteiger charge is 2.06. The zero-order chi connectivity index (χ0) is 20.5. The number of carbonyl (C=O) groups excluding carboxylic acids is 1. The van der Waals surface area contributed by atoms with E-state index in [2.05, 4.69) is 44.4 Å². The molecule has 0 aliphatic heterocycles. The Labute approximate surface area is 177 Å². The van der Waals surface area contributed by atoms with Gasteiger partial charge in [-0.2, -0.15) is 0 Å². The third kappa shape index (κ3) is 21.5. The number of hydrogen-bond acceptors (Lipinski definition) is 1. The number of unbranched alkanes of at least 4 members (excludes halogenated alkanes) is 13. The second kappa shape index (κ2) is 24.2. The van der Waals surface area contributed by atoms with E-state index in [0.717, 1.165) is 32.1 Å². The molecule has 0 aromatic carbocycles. The zero-order valence-corrected chi connectivity index (χ0v) is 19.2. The number of hydrogen-bond donors (Lipinski definition) is 0. The summed E-state index contributed by atoms with van der Waals surface area (Å²) in [5.41, 5.74) is 0. The smallest absolute Gasteiger partial charge is 0.201 e. The second-order valence-corrected chi connectivity index (χ2v) is 8.38. The van der Waals surface area contributed by atoms with Gasteiger partial charge >= 0.3 is 0 Å². The van der Waals surface area contributed by atoms with E-state index >= 15 is 0 Å². The predicted molar refractivity (Wildman–Crippen MR) is 127 cm³/mol. The number of rotatable bonds is 22. The van der Waals surface area contributed by atoms with Gasteiger partial charge in [0.1, 0.15) is 0 Å². The molecule has 0 aliphatic carbocycles. The number of allylic oxidation sites excluding steroid dienone is 4. The average molecular weight is 390 g/mol. The van der Waals surface area contributed by atoms with Crippen LogP contribution in [0.3, 0.4) is 0 Å². The van der Waals surface area contributed by atoms with Gasteiger partial charge in [0.05, 0.1) is 0 Å². The Kier molecular flexibility index (Phi) is 23.5. The molecule has 1 atom stereocenters. The summed E-state index contributed by atoms with van der Waals surface area (Å²) in [6.07, 6.45) is 35.5. The maximum atomic E-state index is 11.1. The highest BCUT2D eigenvalue weighted by atomic mass is 16.1. The van der Waals surface area contributed by atoms with Gasteiger partial charge in [-0.3, -0.25) is 4.79 Å². The first kappa shape index (κ1) is 27.1. The van der Waals surface area contributed by atoms with E-state index < -0.39 is 0 Å². The maximum Gasteiger partial charge on any atom is 0.201 e. The van der Waals surface area contributed by atoms with Crippen LogP contribution >= 0.6 is 0 Å². The molecule has 0 amide bonds. The zero-order valence-electron chi connectivity index (χ0n) is 19.2. The van der Waals surface area contributed by atoms with Crippen LogP contribution in [0.25, 0.3) is 0 Å². The van der Waals surface area contributed by atoms with Crippen LogP contribution in [-0.2, 0) is 4.79 Å². The largest absolute Gasteiger partial charge is 0.291 e. The first-order valence-corrected chi connectivity index (χ1v) is 12.5. The first-order chi connectivity index (χ1) is 13.8. The monoisotopic (exact) mass is 389 g/mol. The molecule has 0 bridgehead atoms. The molecule has 0 heterocycles. The third-order valence-corrected chi connectivity index (χ3v) is 5.55. The molecular weight excluding hydrogens is 340 g/mol. The quantitative estimate of drug-likeness (QED) is 0.133. The van der Waals surface area contributed by atoms with Crippen molar-refractivity contribution in [2.45, 2.75) is 136 Å². The molecule has 0 aromatic heterocycles. The molecule has 1 nitrogen and oxygen atoms in total. The molecule has 0 N–H and O–H groups in total. The van der Waals surface area contributed by atoms with Crippen molar-refractivity contribution in [1.82, 2.24) is 0 Å². The molecule has 163 valence electrons. The molecular formula is C27H49O. The molecule has 0 aromatic rings. The summed E-state index contributed by atoms with van der Waals surface area (Å²) in [7, 11) is 0. The fraction of sp³-hybridized carbons (Fsp3) is 0.815. The lowest BCUT2D eigenvalue weighted by molar-refractivity contribution is 0.484. The van der Waals surface area contributed by atoms with Gasteiger partial charge in [-0.25, -0.2) is 0 Å². The molecule has 1 unspecified atom stereocenters. The lowest BCUT2D eigenvalue weighted by Crippen LogP contribution is -2.01. The van der Waals surface area contributed by atoms with E-state index in [9.17, 15) is 4.79 Å². The van der Waals surface area contributed by atoms with Crippen molar-refractivity contribution < 1.29 is 4.79 Å². The summed E-state index contributed by atoms with van der Waals surface area (Å²) in [6.45, 7) is 4.53. The van der Waals surface area contributed by atoms with Crippen molar-refractivity contribution >= 4 is 6.29 Å². The predicted octanol–water partition coefficient (Wildman–Crippen LogP) is 9.28. The van der Waals surface area contributed by atoms with Crippen molar-refractivity contribution in [3.63, 3.8) is 0 Å². The fourth-order valence-corrected chi connectivity index (χ4v) is 3.60. The van der Waals surface area contributed by atoms with E-state index in [1.165, 1.54) is 89.9 Å². The van der Waals surface area contributed by atoms with E-state index in [1.54, 1.807) is 0 Å². The second-order valence-electron chi connectivity index (χ2n) is 8.38. The molecule has 0 saturated heterocycles. The van der Waals surface area contributed by atoms with Crippen LogP contribution in [0, 0.1) is 5.92 Å². The van der Waals surface area contributed by atoms with Crippen LogP contribution in [0.2, 0.25) is 0 Å². The van der Waals surface area contributed by atoms with Gasteiger partial charge in [-0.1, -0.05) is 102 Å². The summed E-state index contributed by atoms with van der Waals surface area (Å²) >= 11 is 0. The normalized spacial score (nSPS) is 12.9. The van der Waals surface area contributed by atoms with Gasteiger partial charge in [-0.15, -0.1) is 0 Å². The minimum Gasteiger partial charge on any atom is -0.291 e. The first-order valence-electron chi connectivity index (χ1n) is 12.5. The summed E-state index contributed by atoms with van der Waals surface area (Å²) in [5.74, 6) is 0.130. The van der Waals surface area contributed by atoms with Crippen LogP contribution < -0.4 is 0 Å². The SMILES string of the molecule is CCCCCCCCC=CCCCC([C]=O)CCC=CCCCCCCCC. The highest BCUT2D eigenvalue weighted by molar-refractivity contribution is 5.54. The maximum absolute atomic E-state index is 11.1.